The van der Waals surface area contributed by atoms with Crippen molar-refractivity contribution in [3.8, 4) is 5.75 Å². The number of hydrogen-bond acceptors (Lipinski definition) is 6. The maximum Gasteiger partial charge on any atom is 0.293 e. The Balaban J connectivity index is 0.00000256. The number of halogens is 1. The topological polar surface area (TPSA) is 83.2 Å². The number of fused-ring (bicyclic) bond motifs is 1. The highest BCUT2D eigenvalue weighted by atomic mass is 35.5. The molecule has 1 aromatic heterocycles. The quantitative estimate of drug-likeness (QED) is 0.685. The van der Waals surface area contributed by atoms with E-state index >= 15 is 0 Å². The van der Waals surface area contributed by atoms with Crippen molar-refractivity contribution in [3.05, 3.63) is 70.1 Å². The van der Waals surface area contributed by atoms with Crippen LogP contribution in [0.2, 0.25) is 0 Å². The van der Waals surface area contributed by atoms with Crippen molar-refractivity contribution < 1.29 is 19.1 Å². The Labute approximate surface area is 179 Å². The monoisotopic (exact) mass is 430 g/mol. The molecule has 158 valence electrons. The van der Waals surface area contributed by atoms with Crippen molar-refractivity contribution in [2.75, 3.05) is 38.3 Å². The lowest BCUT2D eigenvalue weighted by molar-refractivity contribution is 0.0342. The first-order chi connectivity index (χ1) is 14.0. The highest BCUT2D eigenvalue weighted by Gasteiger charge is 2.19. The van der Waals surface area contributed by atoms with Crippen LogP contribution in [0.25, 0.3) is 11.0 Å². The Morgan fingerprint density at radius 1 is 1.13 bits per heavy atom. The van der Waals surface area contributed by atoms with E-state index in [9.17, 15) is 14.7 Å². The van der Waals surface area contributed by atoms with Gasteiger partial charge in [-0.3, -0.25) is 14.5 Å². The maximum atomic E-state index is 12.8. The van der Waals surface area contributed by atoms with Crippen LogP contribution >= 0.6 is 12.4 Å². The van der Waals surface area contributed by atoms with Gasteiger partial charge in [0.25, 0.3) is 5.91 Å². The fraction of sp³-hybridized carbons (Fsp3) is 0.273. The Bertz CT molecular complexity index is 1090. The molecule has 0 unspecified atom stereocenters. The van der Waals surface area contributed by atoms with Crippen LogP contribution < -0.4 is 10.3 Å². The number of phenols is 1. The van der Waals surface area contributed by atoms with E-state index in [1.54, 1.807) is 19.2 Å². The van der Waals surface area contributed by atoms with Crippen molar-refractivity contribution >= 4 is 35.0 Å². The van der Waals surface area contributed by atoms with Gasteiger partial charge in [-0.1, -0.05) is 18.2 Å². The molecule has 2 aromatic carbocycles. The molecular weight excluding hydrogens is 408 g/mol. The van der Waals surface area contributed by atoms with Gasteiger partial charge in [-0.05, 0) is 29.8 Å². The summed E-state index contributed by atoms with van der Waals surface area (Å²) in [5.41, 5.74) is 1.57. The minimum Gasteiger partial charge on any atom is -0.507 e. The molecule has 3 aromatic rings. The van der Waals surface area contributed by atoms with Gasteiger partial charge in [-0.15, -0.1) is 12.4 Å². The molecule has 7 nitrogen and oxygen atoms in total. The van der Waals surface area contributed by atoms with Gasteiger partial charge >= 0.3 is 0 Å². The van der Waals surface area contributed by atoms with E-state index in [-0.39, 0.29) is 34.9 Å². The van der Waals surface area contributed by atoms with Gasteiger partial charge in [0.05, 0.1) is 13.2 Å². The number of nitrogens with zero attached hydrogens (tertiary/aromatic N) is 2. The number of aromatic hydroxyl groups is 1. The molecule has 8 heteroatoms. The average Bonchev–Trinajstić information content (AvgIpc) is 2.74. The number of amides is 1. The first-order valence-electron chi connectivity index (χ1n) is 9.46. The van der Waals surface area contributed by atoms with Crippen molar-refractivity contribution in [1.82, 2.24) is 4.90 Å². The summed E-state index contributed by atoms with van der Waals surface area (Å²) in [6.07, 6.45) is 0. The van der Waals surface area contributed by atoms with E-state index in [4.69, 9.17) is 9.15 Å². The lowest BCUT2D eigenvalue weighted by atomic mass is 10.1. The largest absolute Gasteiger partial charge is 0.507 e. The number of morpholine rings is 1. The highest BCUT2D eigenvalue weighted by Crippen LogP contribution is 2.23. The Kier molecular flexibility index (Phi) is 6.77. The first kappa shape index (κ1) is 21.8. The second kappa shape index (κ2) is 9.30. The van der Waals surface area contributed by atoms with E-state index in [1.165, 1.54) is 11.0 Å². The molecule has 4 rings (SSSR count). The molecule has 1 N–H and O–H groups in total. The Morgan fingerprint density at radius 3 is 2.53 bits per heavy atom. The molecule has 0 radical (unpaired) electrons. The molecule has 0 atom stereocenters. The maximum absolute atomic E-state index is 12.8. The summed E-state index contributed by atoms with van der Waals surface area (Å²) in [6, 6.07) is 13.4. The van der Waals surface area contributed by atoms with Gasteiger partial charge in [0.1, 0.15) is 16.7 Å². The van der Waals surface area contributed by atoms with Crippen LogP contribution in [0.4, 0.5) is 5.69 Å². The number of ether oxygens (including phenoxy) is 1. The normalized spacial score (nSPS) is 14.3. The standard InChI is InChI=1S/C22H22N2O5.ClH/c1-23(16-7-5-15(6-8-16)14-24-9-11-28-12-10-24)22(27)20-13-18(26)21-17(25)3-2-4-19(21)29-20;/h2-8,13,25H,9-12,14H2,1H3;1H. The third-order valence-corrected chi connectivity index (χ3v) is 5.08. The third kappa shape index (κ3) is 4.48. The summed E-state index contributed by atoms with van der Waals surface area (Å²) in [4.78, 5) is 28.9. The van der Waals surface area contributed by atoms with E-state index in [1.807, 2.05) is 24.3 Å². The zero-order valence-electron chi connectivity index (χ0n) is 16.5. The number of phenolic OH excluding ortho intramolecular Hbond substituents is 1. The molecule has 0 bridgehead atoms. The second-order valence-corrected chi connectivity index (χ2v) is 7.04. The van der Waals surface area contributed by atoms with E-state index in [0.717, 1.165) is 44.5 Å². The SMILES string of the molecule is CN(C(=O)c1cc(=O)c2c(O)cccc2o1)c1ccc(CN2CCOCC2)cc1.Cl. The van der Waals surface area contributed by atoms with Crippen LogP contribution in [-0.4, -0.2) is 49.3 Å². The molecule has 1 aliphatic heterocycles. The summed E-state index contributed by atoms with van der Waals surface area (Å²) >= 11 is 0. The number of carbonyl (C=O) groups is 1. The number of rotatable bonds is 4. The highest BCUT2D eigenvalue weighted by molar-refractivity contribution is 6.04. The molecule has 2 heterocycles. The minimum atomic E-state index is -0.457. The van der Waals surface area contributed by atoms with Crippen molar-refractivity contribution in [2.45, 2.75) is 6.54 Å². The number of hydrogen-bond donors (Lipinski definition) is 1. The van der Waals surface area contributed by atoms with Crippen LogP contribution in [0.3, 0.4) is 0 Å². The molecule has 1 fully saturated rings. The van der Waals surface area contributed by atoms with Crippen LogP contribution in [0.1, 0.15) is 16.1 Å². The van der Waals surface area contributed by atoms with Crippen molar-refractivity contribution in [2.24, 2.45) is 0 Å². The second-order valence-electron chi connectivity index (χ2n) is 7.04. The minimum absolute atomic E-state index is 0. The first-order valence-corrected chi connectivity index (χ1v) is 9.46. The summed E-state index contributed by atoms with van der Waals surface area (Å²) in [5.74, 6) is -0.680. The van der Waals surface area contributed by atoms with Crippen LogP contribution in [0.15, 0.2) is 57.7 Å². The van der Waals surface area contributed by atoms with E-state index < -0.39 is 11.3 Å². The fourth-order valence-corrected chi connectivity index (χ4v) is 3.42. The zero-order chi connectivity index (χ0) is 20.4. The molecule has 1 saturated heterocycles. The van der Waals surface area contributed by atoms with Crippen molar-refractivity contribution in [3.63, 3.8) is 0 Å². The lowest BCUT2D eigenvalue weighted by Gasteiger charge is -2.26. The van der Waals surface area contributed by atoms with E-state index in [0.29, 0.717) is 5.69 Å². The van der Waals surface area contributed by atoms with Gasteiger partial charge in [0.15, 0.2) is 11.2 Å². The zero-order valence-corrected chi connectivity index (χ0v) is 17.4. The lowest BCUT2D eigenvalue weighted by Crippen LogP contribution is -2.35. The van der Waals surface area contributed by atoms with Gasteiger partial charge in [-0.2, -0.15) is 0 Å². The van der Waals surface area contributed by atoms with Crippen LogP contribution in [0.5, 0.6) is 5.75 Å². The van der Waals surface area contributed by atoms with E-state index in [2.05, 4.69) is 4.90 Å². The third-order valence-electron chi connectivity index (χ3n) is 5.08. The molecule has 0 spiro atoms. The molecule has 0 aliphatic carbocycles. The Morgan fingerprint density at radius 2 is 1.83 bits per heavy atom. The smallest absolute Gasteiger partial charge is 0.293 e. The fourth-order valence-electron chi connectivity index (χ4n) is 3.42. The molecule has 0 saturated carbocycles. The molecular formula is C22H23ClN2O5. The summed E-state index contributed by atoms with van der Waals surface area (Å²) in [6.45, 7) is 4.17. The van der Waals surface area contributed by atoms with Crippen molar-refractivity contribution in [1.29, 1.82) is 0 Å². The molecule has 30 heavy (non-hydrogen) atoms. The van der Waals surface area contributed by atoms with Crippen LogP contribution in [0, 0.1) is 0 Å². The number of anilines is 1. The number of benzene rings is 2. The van der Waals surface area contributed by atoms with Gasteiger partial charge < -0.3 is 19.2 Å². The summed E-state index contributed by atoms with van der Waals surface area (Å²) in [7, 11) is 1.63. The van der Waals surface area contributed by atoms with Gasteiger partial charge in [0.2, 0.25) is 0 Å². The predicted octanol–water partition coefficient (Wildman–Crippen LogP) is 3.03. The number of carbonyl (C=O) groups excluding carboxylic acids is 1. The van der Waals surface area contributed by atoms with Gasteiger partial charge in [0, 0.05) is 38.4 Å². The summed E-state index contributed by atoms with van der Waals surface area (Å²) in [5, 5.41) is 9.92. The summed E-state index contributed by atoms with van der Waals surface area (Å²) < 4.78 is 10.9. The molecule has 1 amide bonds. The van der Waals surface area contributed by atoms with Gasteiger partial charge in [-0.25, -0.2) is 0 Å². The predicted molar refractivity (Wildman–Crippen MR) is 117 cm³/mol. The molecule has 1 aliphatic rings. The van der Waals surface area contributed by atoms with Crippen LogP contribution in [-0.2, 0) is 11.3 Å². The Hall–Kier alpha value is -2.87. The average molecular weight is 431 g/mol.